The van der Waals surface area contributed by atoms with E-state index in [0.717, 1.165) is 26.2 Å². The Morgan fingerprint density at radius 1 is 1.17 bits per heavy atom. The highest BCUT2D eigenvalue weighted by atomic mass is 16.2. The first-order valence-corrected chi connectivity index (χ1v) is 7.45. The zero-order chi connectivity index (χ0) is 12.8. The molecule has 104 valence electrons. The van der Waals surface area contributed by atoms with E-state index in [1.165, 1.54) is 38.6 Å². The summed E-state index contributed by atoms with van der Waals surface area (Å²) >= 11 is 0. The van der Waals surface area contributed by atoms with Crippen LogP contribution in [0.4, 0.5) is 0 Å². The first-order valence-electron chi connectivity index (χ1n) is 7.45. The van der Waals surface area contributed by atoms with Gasteiger partial charge in [-0.05, 0) is 45.7 Å². The number of piperidine rings is 2. The Bertz CT molecular complexity index is 264. The maximum absolute atomic E-state index is 12.0. The predicted molar refractivity (Wildman–Crippen MR) is 73.6 cm³/mol. The second kappa shape index (κ2) is 7.10. The van der Waals surface area contributed by atoms with E-state index in [2.05, 4.69) is 17.3 Å². The summed E-state index contributed by atoms with van der Waals surface area (Å²) in [5, 5.41) is 3.53. The van der Waals surface area contributed by atoms with E-state index in [9.17, 15) is 4.79 Å². The summed E-state index contributed by atoms with van der Waals surface area (Å²) in [4.78, 5) is 16.4. The number of nitrogens with zero attached hydrogens (tertiary/aromatic N) is 2. The van der Waals surface area contributed by atoms with Gasteiger partial charge in [-0.2, -0.15) is 0 Å². The van der Waals surface area contributed by atoms with Crippen LogP contribution in [0.5, 0.6) is 0 Å². The molecule has 1 atom stereocenters. The fourth-order valence-electron chi connectivity index (χ4n) is 3.02. The molecule has 2 aliphatic heterocycles. The molecule has 1 unspecified atom stereocenters. The molecular weight excluding hydrogens is 226 g/mol. The lowest BCUT2D eigenvalue weighted by Crippen LogP contribution is -2.45. The molecule has 0 spiro atoms. The quantitative estimate of drug-likeness (QED) is 0.814. The van der Waals surface area contributed by atoms with Gasteiger partial charge in [0.1, 0.15) is 0 Å². The van der Waals surface area contributed by atoms with Gasteiger partial charge in [0.25, 0.3) is 0 Å². The Morgan fingerprint density at radius 2 is 1.94 bits per heavy atom. The van der Waals surface area contributed by atoms with E-state index < -0.39 is 0 Å². The summed E-state index contributed by atoms with van der Waals surface area (Å²) in [5.41, 5.74) is 0. The lowest BCUT2D eigenvalue weighted by molar-refractivity contribution is -0.132. The highest BCUT2D eigenvalue weighted by Crippen LogP contribution is 2.10. The van der Waals surface area contributed by atoms with E-state index in [-0.39, 0.29) is 0 Å². The lowest BCUT2D eigenvalue weighted by Gasteiger charge is -2.31. The molecule has 4 heteroatoms. The van der Waals surface area contributed by atoms with Crippen molar-refractivity contribution in [2.24, 2.45) is 0 Å². The smallest absolute Gasteiger partial charge is 0.223 e. The van der Waals surface area contributed by atoms with Crippen molar-refractivity contribution >= 4 is 5.91 Å². The van der Waals surface area contributed by atoms with Crippen LogP contribution >= 0.6 is 0 Å². The molecule has 2 aliphatic rings. The molecule has 1 N–H and O–H groups in total. The number of likely N-dealkylation sites (N-methyl/N-ethyl adjacent to an activating group) is 1. The molecule has 4 nitrogen and oxygen atoms in total. The van der Waals surface area contributed by atoms with Crippen molar-refractivity contribution in [3.8, 4) is 0 Å². The second-order valence-electron chi connectivity index (χ2n) is 5.75. The van der Waals surface area contributed by atoms with E-state index in [0.29, 0.717) is 18.4 Å². The third kappa shape index (κ3) is 4.25. The molecule has 2 heterocycles. The molecule has 0 bridgehead atoms. The van der Waals surface area contributed by atoms with Crippen molar-refractivity contribution in [3.05, 3.63) is 0 Å². The molecule has 0 aromatic carbocycles. The molecule has 0 aromatic heterocycles. The Balaban J connectivity index is 1.60. The van der Waals surface area contributed by atoms with E-state index in [1.54, 1.807) is 0 Å². The number of hydrogen-bond donors (Lipinski definition) is 1. The maximum atomic E-state index is 12.0. The van der Waals surface area contributed by atoms with Crippen molar-refractivity contribution < 1.29 is 4.79 Å². The molecule has 0 aromatic rings. The Labute approximate surface area is 111 Å². The molecule has 0 saturated carbocycles. The first-order chi connectivity index (χ1) is 8.75. The maximum Gasteiger partial charge on any atom is 0.223 e. The number of nitrogens with one attached hydrogen (secondary N) is 1. The minimum Gasteiger partial charge on any atom is -0.343 e. The molecule has 0 radical (unpaired) electrons. The van der Waals surface area contributed by atoms with Gasteiger partial charge in [-0.3, -0.25) is 4.79 Å². The first kappa shape index (κ1) is 13.8. The van der Waals surface area contributed by atoms with Crippen molar-refractivity contribution in [2.45, 2.75) is 44.6 Å². The van der Waals surface area contributed by atoms with Gasteiger partial charge in [-0.1, -0.05) is 0 Å². The van der Waals surface area contributed by atoms with Gasteiger partial charge >= 0.3 is 0 Å². The van der Waals surface area contributed by atoms with Gasteiger partial charge in [-0.15, -0.1) is 0 Å². The lowest BCUT2D eigenvalue weighted by atomic mass is 10.1. The van der Waals surface area contributed by atoms with Crippen LogP contribution in [0.15, 0.2) is 0 Å². The van der Waals surface area contributed by atoms with E-state index >= 15 is 0 Å². The Morgan fingerprint density at radius 3 is 2.67 bits per heavy atom. The zero-order valence-corrected chi connectivity index (χ0v) is 11.7. The standard InChI is InChI=1S/C14H27N3O/c1-16-9-5-6-13(12-16)15-8-7-14(18)17-10-3-2-4-11-17/h13,15H,2-12H2,1H3. The summed E-state index contributed by atoms with van der Waals surface area (Å²) in [6, 6.07) is 0.581. The van der Waals surface area contributed by atoms with E-state index in [4.69, 9.17) is 0 Å². The predicted octanol–water partition coefficient (Wildman–Crippen LogP) is 1.07. The van der Waals surface area contributed by atoms with E-state index in [1.807, 2.05) is 4.90 Å². The molecule has 2 fully saturated rings. The van der Waals surface area contributed by atoms with Crippen LogP contribution in [0.25, 0.3) is 0 Å². The highest BCUT2D eigenvalue weighted by molar-refractivity contribution is 5.76. The van der Waals surface area contributed by atoms with Crippen LogP contribution < -0.4 is 5.32 Å². The average Bonchev–Trinajstić information content (AvgIpc) is 2.40. The van der Waals surface area contributed by atoms with Crippen LogP contribution in [-0.4, -0.2) is 61.5 Å². The van der Waals surface area contributed by atoms with Crippen LogP contribution in [0.1, 0.15) is 38.5 Å². The largest absolute Gasteiger partial charge is 0.343 e. The molecule has 2 saturated heterocycles. The molecule has 18 heavy (non-hydrogen) atoms. The molecule has 2 rings (SSSR count). The summed E-state index contributed by atoms with van der Waals surface area (Å²) in [5.74, 6) is 0.339. The topological polar surface area (TPSA) is 35.6 Å². The van der Waals surface area contributed by atoms with Gasteiger partial charge in [0.15, 0.2) is 0 Å². The summed E-state index contributed by atoms with van der Waals surface area (Å²) in [6.45, 7) is 5.13. The normalized spacial score (nSPS) is 26.3. The van der Waals surface area contributed by atoms with Gasteiger partial charge in [0.05, 0.1) is 0 Å². The minimum absolute atomic E-state index is 0.339. The summed E-state index contributed by atoms with van der Waals surface area (Å²) < 4.78 is 0. The molecule has 1 amide bonds. The van der Waals surface area contributed by atoms with Crippen LogP contribution in [-0.2, 0) is 4.79 Å². The SMILES string of the molecule is CN1CCCC(NCCC(=O)N2CCCCC2)C1. The Kier molecular flexibility index (Phi) is 5.45. The minimum atomic E-state index is 0.339. The van der Waals surface area contributed by atoms with Crippen molar-refractivity contribution in [1.82, 2.24) is 15.1 Å². The number of amides is 1. The number of carbonyl (C=O) groups excluding carboxylic acids is 1. The van der Waals surface area contributed by atoms with Crippen molar-refractivity contribution in [1.29, 1.82) is 0 Å². The molecular formula is C14H27N3O. The van der Waals surface area contributed by atoms with Crippen LogP contribution in [0.3, 0.4) is 0 Å². The summed E-state index contributed by atoms with van der Waals surface area (Å²) in [6.07, 6.45) is 6.85. The number of hydrogen-bond acceptors (Lipinski definition) is 3. The third-order valence-corrected chi connectivity index (χ3v) is 4.11. The second-order valence-corrected chi connectivity index (χ2v) is 5.75. The Hall–Kier alpha value is -0.610. The van der Waals surface area contributed by atoms with Crippen LogP contribution in [0.2, 0.25) is 0 Å². The average molecular weight is 253 g/mol. The monoisotopic (exact) mass is 253 g/mol. The van der Waals surface area contributed by atoms with Crippen LogP contribution in [0, 0.1) is 0 Å². The van der Waals surface area contributed by atoms with Crippen molar-refractivity contribution in [3.63, 3.8) is 0 Å². The molecule has 0 aliphatic carbocycles. The highest BCUT2D eigenvalue weighted by Gasteiger charge is 2.18. The summed E-state index contributed by atoms with van der Waals surface area (Å²) in [7, 11) is 2.17. The fourth-order valence-corrected chi connectivity index (χ4v) is 3.02. The number of rotatable bonds is 4. The van der Waals surface area contributed by atoms with Gasteiger partial charge in [0.2, 0.25) is 5.91 Å². The number of carbonyl (C=O) groups is 1. The van der Waals surface area contributed by atoms with Gasteiger partial charge in [0, 0.05) is 38.6 Å². The number of likely N-dealkylation sites (tertiary alicyclic amines) is 2. The van der Waals surface area contributed by atoms with Gasteiger partial charge in [-0.25, -0.2) is 0 Å². The third-order valence-electron chi connectivity index (χ3n) is 4.11. The fraction of sp³-hybridized carbons (Fsp3) is 0.929. The van der Waals surface area contributed by atoms with Crippen molar-refractivity contribution in [2.75, 3.05) is 39.8 Å². The van der Waals surface area contributed by atoms with Gasteiger partial charge < -0.3 is 15.1 Å². The zero-order valence-electron chi connectivity index (χ0n) is 11.7.